The summed E-state index contributed by atoms with van der Waals surface area (Å²) in [5.74, 6) is 0.242. The highest BCUT2D eigenvalue weighted by molar-refractivity contribution is 5.85. The molecular formula is C19H18ClFN2O. The molecule has 2 N–H and O–H groups in total. The van der Waals surface area contributed by atoms with Crippen LogP contribution in [0.3, 0.4) is 0 Å². The normalized spacial score (nSPS) is 10.1. The number of rotatable bonds is 5. The molecular weight excluding hydrogens is 327 g/mol. The van der Waals surface area contributed by atoms with E-state index in [4.69, 9.17) is 10.5 Å². The average Bonchev–Trinajstić information content (AvgIpc) is 2.61. The quantitative estimate of drug-likeness (QED) is 0.748. The van der Waals surface area contributed by atoms with Crippen LogP contribution in [0.5, 0.6) is 5.88 Å². The Kier molecular flexibility index (Phi) is 6.29. The van der Waals surface area contributed by atoms with Crippen molar-refractivity contribution in [2.75, 3.05) is 0 Å². The Hall–Kier alpha value is -2.43. The van der Waals surface area contributed by atoms with Crippen molar-refractivity contribution in [2.45, 2.75) is 13.2 Å². The van der Waals surface area contributed by atoms with E-state index >= 15 is 0 Å². The standard InChI is InChI=1S/C19H17FN2O.ClH/c20-18-10-15(6-7-16(18)11-21)17-8-9-19(22-12-17)23-13-14-4-2-1-3-5-14;/h1-10,12H,11,13,21H2;1H. The fourth-order valence-corrected chi connectivity index (χ4v) is 2.26. The van der Waals surface area contributed by atoms with E-state index in [2.05, 4.69) is 4.98 Å². The largest absolute Gasteiger partial charge is 0.473 e. The lowest BCUT2D eigenvalue weighted by Gasteiger charge is -2.07. The van der Waals surface area contributed by atoms with Crippen LogP contribution in [0.4, 0.5) is 4.39 Å². The summed E-state index contributed by atoms with van der Waals surface area (Å²) in [7, 11) is 0. The molecule has 1 heterocycles. The Morgan fingerprint density at radius 3 is 2.33 bits per heavy atom. The number of pyridine rings is 1. The molecule has 0 amide bonds. The van der Waals surface area contributed by atoms with E-state index in [1.807, 2.05) is 42.5 Å². The number of benzene rings is 2. The van der Waals surface area contributed by atoms with Crippen LogP contribution in [0.2, 0.25) is 0 Å². The topological polar surface area (TPSA) is 48.1 Å². The predicted molar refractivity (Wildman–Crippen MR) is 95.5 cm³/mol. The van der Waals surface area contributed by atoms with E-state index in [9.17, 15) is 4.39 Å². The molecule has 24 heavy (non-hydrogen) atoms. The van der Waals surface area contributed by atoms with Crippen LogP contribution in [0.1, 0.15) is 11.1 Å². The van der Waals surface area contributed by atoms with Gasteiger partial charge in [0.05, 0.1) is 0 Å². The second-order valence-corrected chi connectivity index (χ2v) is 5.17. The third-order valence-electron chi connectivity index (χ3n) is 3.57. The van der Waals surface area contributed by atoms with Crippen molar-refractivity contribution in [1.29, 1.82) is 0 Å². The second-order valence-electron chi connectivity index (χ2n) is 5.17. The first-order valence-electron chi connectivity index (χ1n) is 7.38. The van der Waals surface area contributed by atoms with Crippen molar-refractivity contribution in [3.8, 4) is 17.0 Å². The molecule has 3 rings (SSSR count). The lowest BCUT2D eigenvalue weighted by Crippen LogP contribution is -1.99. The summed E-state index contributed by atoms with van der Waals surface area (Å²) < 4.78 is 19.4. The van der Waals surface area contributed by atoms with Gasteiger partial charge in [-0.05, 0) is 23.3 Å². The number of hydrogen-bond acceptors (Lipinski definition) is 3. The molecule has 0 aliphatic rings. The molecule has 0 radical (unpaired) electrons. The van der Waals surface area contributed by atoms with Gasteiger partial charge in [-0.15, -0.1) is 12.4 Å². The fourth-order valence-electron chi connectivity index (χ4n) is 2.26. The Balaban J connectivity index is 0.00000208. The fraction of sp³-hybridized carbons (Fsp3) is 0.105. The molecule has 0 fully saturated rings. The van der Waals surface area contributed by atoms with E-state index in [0.29, 0.717) is 18.1 Å². The summed E-state index contributed by atoms with van der Waals surface area (Å²) in [5.41, 5.74) is 8.66. The van der Waals surface area contributed by atoms with Crippen molar-refractivity contribution >= 4 is 12.4 Å². The summed E-state index contributed by atoms with van der Waals surface area (Å²) in [6.45, 7) is 0.656. The van der Waals surface area contributed by atoms with Crippen LogP contribution in [-0.2, 0) is 13.2 Å². The Morgan fingerprint density at radius 1 is 0.958 bits per heavy atom. The zero-order valence-corrected chi connectivity index (χ0v) is 13.8. The van der Waals surface area contributed by atoms with Gasteiger partial charge in [-0.3, -0.25) is 0 Å². The minimum Gasteiger partial charge on any atom is -0.473 e. The molecule has 3 nitrogen and oxygen atoms in total. The van der Waals surface area contributed by atoms with E-state index in [1.54, 1.807) is 18.3 Å². The molecule has 0 bridgehead atoms. The zero-order valence-electron chi connectivity index (χ0n) is 13.0. The van der Waals surface area contributed by atoms with Crippen molar-refractivity contribution < 1.29 is 9.13 Å². The molecule has 124 valence electrons. The van der Waals surface area contributed by atoms with Crippen molar-refractivity contribution in [1.82, 2.24) is 4.98 Å². The summed E-state index contributed by atoms with van der Waals surface area (Å²) >= 11 is 0. The van der Waals surface area contributed by atoms with Crippen LogP contribution in [0.15, 0.2) is 66.9 Å². The first-order chi connectivity index (χ1) is 11.3. The Morgan fingerprint density at radius 2 is 1.71 bits per heavy atom. The molecule has 1 aromatic heterocycles. The molecule has 0 saturated carbocycles. The average molecular weight is 345 g/mol. The van der Waals surface area contributed by atoms with Gasteiger partial charge in [0.25, 0.3) is 0 Å². The van der Waals surface area contributed by atoms with Gasteiger partial charge in [0.1, 0.15) is 12.4 Å². The second kappa shape index (κ2) is 8.43. The summed E-state index contributed by atoms with van der Waals surface area (Å²) in [4.78, 5) is 4.27. The highest BCUT2D eigenvalue weighted by Crippen LogP contribution is 2.23. The number of nitrogens with zero attached hydrogens (tertiary/aromatic N) is 1. The summed E-state index contributed by atoms with van der Waals surface area (Å²) in [6, 6.07) is 18.6. The van der Waals surface area contributed by atoms with E-state index in [-0.39, 0.29) is 24.8 Å². The van der Waals surface area contributed by atoms with Crippen LogP contribution >= 0.6 is 12.4 Å². The predicted octanol–water partition coefficient (Wildman–Crippen LogP) is 4.35. The molecule has 2 aromatic carbocycles. The molecule has 0 aliphatic heterocycles. The lowest BCUT2D eigenvalue weighted by atomic mass is 10.1. The van der Waals surface area contributed by atoms with Crippen LogP contribution < -0.4 is 10.5 Å². The van der Waals surface area contributed by atoms with Crippen molar-refractivity contribution in [3.63, 3.8) is 0 Å². The molecule has 3 aromatic rings. The van der Waals surface area contributed by atoms with Gasteiger partial charge in [-0.2, -0.15) is 0 Å². The number of aromatic nitrogens is 1. The molecule has 0 atom stereocenters. The van der Waals surface area contributed by atoms with Gasteiger partial charge < -0.3 is 10.5 Å². The molecule has 0 saturated heterocycles. The van der Waals surface area contributed by atoms with E-state index in [1.165, 1.54) is 6.07 Å². The summed E-state index contributed by atoms with van der Waals surface area (Å²) in [5, 5.41) is 0. The number of nitrogens with two attached hydrogens (primary N) is 1. The highest BCUT2D eigenvalue weighted by Gasteiger charge is 2.05. The molecule has 0 unspecified atom stereocenters. The van der Waals surface area contributed by atoms with Gasteiger partial charge in [0, 0.05) is 29.9 Å². The van der Waals surface area contributed by atoms with Crippen LogP contribution in [0.25, 0.3) is 11.1 Å². The maximum Gasteiger partial charge on any atom is 0.213 e. The van der Waals surface area contributed by atoms with Crippen LogP contribution in [-0.4, -0.2) is 4.98 Å². The van der Waals surface area contributed by atoms with Gasteiger partial charge in [-0.1, -0.05) is 42.5 Å². The van der Waals surface area contributed by atoms with Gasteiger partial charge >= 0.3 is 0 Å². The van der Waals surface area contributed by atoms with Crippen molar-refractivity contribution in [3.05, 3.63) is 83.8 Å². The van der Waals surface area contributed by atoms with Crippen LogP contribution in [0, 0.1) is 5.82 Å². The SMILES string of the molecule is Cl.NCc1ccc(-c2ccc(OCc3ccccc3)nc2)cc1F. The van der Waals surface area contributed by atoms with Gasteiger partial charge in [-0.25, -0.2) is 9.37 Å². The van der Waals surface area contributed by atoms with Crippen molar-refractivity contribution in [2.24, 2.45) is 5.73 Å². The molecule has 5 heteroatoms. The minimum atomic E-state index is -0.297. The smallest absolute Gasteiger partial charge is 0.213 e. The highest BCUT2D eigenvalue weighted by atomic mass is 35.5. The number of hydrogen-bond donors (Lipinski definition) is 1. The summed E-state index contributed by atoms with van der Waals surface area (Å²) in [6.07, 6.45) is 1.68. The maximum atomic E-state index is 13.8. The molecule has 0 aliphatic carbocycles. The first-order valence-corrected chi connectivity index (χ1v) is 7.38. The zero-order chi connectivity index (χ0) is 16.1. The van der Waals surface area contributed by atoms with Gasteiger partial charge in [0.2, 0.25) is 5.88 Å². The first kappa shape index (κ1) is 17.9. The minimum absolute atomic E-state index is 0. The lowest BCUT2D eigenvalue weighted by molar-refractivity contribution is 0.294. The third-order valence-corrected chi connectivity index (χ3v) is 3.57. The third kappa shape index (κ3) is 4.31. The number of halogens is 2. The maximum absolute atomic E-state index is 13.8. The molecule has 0 spiro atoms. The number of ether oxygens (including phenoxy) is 1. The monoisotopic (exact) mass is 344 g/mol. The van der Waals surface area contributed by atoms with E-state index < -0.39 is 0 Å². The van der Waals surface area contributed by atoms with E-state index in [0.717, 1.165) is 16.7 Å². The Bertz CT molecular complexity index is 779. The Labute approximate surface area is 146 Å². The van der Waals surface area contributed by atoms with Gasteiger partial charge in [0.15, 0.2) is 0 Å².